The van der Waals surface area contributed by atoms with Crippen LogP contribution < -0.4 is 10.1 Å². The molecule has 1 unspecified atom stereocenters. The lowest BCUT2D eigenvalue weighted by Crippen LogP contribution is -2.16. The summed E-state index contributed by atoms with van der Waals surface area (Å²) in [6.07, 6.45) is -4.40. The summed E-state index contributed by atoms with van der Waals surface area (Å²) in [6.45, 7) is 0.309. The number of halogens is 4. The first kappa shape index (κ1) is 14.3. The zero-order valence-electron chi connectivity index (χ0n) is 10.7. The molecule has 3 rings (SSSR count). The van der Waals surface area contributed by atoms with E-state index in [1.807, 2.05) is 24.3 Å². The second-order valence-electron chi connectivity index (χ2n) is 4.73. The number of para-hydroxylation sites is 1. The van der Waals surface area contributed by atoms with E-state index in [2.05, 4.69) is 21.2 Å². The van der Waals surface area contributed by atoms with E-state index in [1.54, 1.807) is 0 Å². The van der Waals surface area contributed by atoms with Crippen LogP contribution in [-0.4, -0.2) is 6.61 Å². The van der Waals surface area contributed by atoms with Gasteiger partial charge in [-0.1, -0.05) is 34.1 Å². The molecular weight excluding hydrogens is 347 g/mol. The van der Waals surface area contributed by atoms with E-state index >= 15 is 0 Å². The van der Waals surface area contributed by atoms with E-state index < -0.39 is 11.7 Å². The van der Waals surface area contributed by atoms with Crippen LogP contribution in [-0.2, 0) is 6.18 Å². The molecule has 2 nitrogen and oxygen atoms in total. The highest BCUT2D eigenvalue weighted by Gasteiger charge is 2.35. The largest absolute Gasteiger partial charge is 0.491 e. The van der Waals surface area contributed by atoms with Crippen molar-refractivity contribution in [2.75, 3.05) is 11.9 Å². The smallest absolute Gasteiger partial charge is 0.418 e. The molecule has 0 spiro atoms. The van der Waals surface area contributed by atoms with Crippen molar-refractivity contribution in [2.24, 2.45) is 0 Å². The zero-order valence-corrected chi connectivity index (χ0v) is 12.3. The molecule has 2 aromatic rings. The molecule has 0 amide bonds. The molecule has 2 aromatic carbocycles. The fourth-order valence-electron chi connectivity index (χ4n) is 2.35. The van der Waals surface area contributed by atoms with Gasteiger partial charge in [0, 0.05) is 15.7 Å². The molecule has 6 heteroatoms. The molecule has 1 N–H and O–H groups in total. The van der Waals surface area contributed by atoms with E-state index in [-0.39, 0.29) is 11.7 Å². The van der Waals surface area contributed by atoms with Crippen molar-refractivity contribution in [2.45, 2.75) is 12.2 Å². The molecule has 0 saturated carbocycles. The molecule has 0 fully saturated rings. The van der Waals surface area contributed by atoms with Gasteiger partial charge in [0.05, 0.1) is 11.6 Å². The summed E-state index contributed by atoms with van der Waals surface area (Å²) in [5.74, 6) is 0.707. The number of benzene rings is 2. The first-order valence-electron chi connectivity index (χ1n) is 6.30. The molecular formula is C15H11BrF3NO. The average molecular weight is 358 g/mol. The molecule has 1 aliphatic rings. The number of ether oxygens (including phenoxy) is 1. The number of fused-ring (bicyclic) bond motifs is 1. The number of rotatable bonds is 2. The van der Waals surface area contributed by atoms with Gasteiger partial charge in [0.1, 0.15) is 12.4 Å². The van der Waals surface area contributed by atoms with E-state index in [9.17, 15) is 13.2 Å². The van der Waals surface area contributed by atoms with Crippen molar-refractivity contribution >= 4 is 21.6 Å². The standard InChI is InChI=1S/C15H11BrF3NO/c16-9-5-6-11(15(17,18)19)12(7-9)20-13-8-21-14-4-2-1-3-10(13)14/h1-7,13,20H,8H2. The SMILES string of the molecule is FC(F)(F)c1ccc(Br)cc1NC1COc2ccccc21. The Balaban J connectivity index is 1.94. The predicted octanol–water partition coefficient (Wildman–Crippen LogP) is 5.01. The van der Waals surface area contributed by atoms with Gasteiger partial charge in [-0.3, -0.25) is 0 Å². The van der Waals surface area contributed by atoms with Crippen LogP contribution in [0.1, 0.15) is 17.2 Å². The summed E-state index contributed by atoms with van der Waals surface area (Å²) in [5.41, 5.74) is 0.225. The van der Waals surface area contributed by atoms with Gasteiger partial charge in [-0.05, 0) is 24.3 Å². The van der Waals surface area contributed by atoms with Crippen molar-refractivity contribution in [3.8, 4) is 5.75 Å². The Labute approximate surface area is 128 Å². The minimum atomic E-state index is -4.40. The van der Waals surface area contributed by atoms with Gasteiger partial charge < -0.3 is 10.1 Å². The Morgan fingerprint density at radius 3 is 2.67 bits per heavy atom. The lowest BCUT2D eigenvalue weighted by molar-refractivity contribution is -0.137. The summed E-state index contributed by atoms with van der Waals surface area (Å²) in [7, 11) is 0. The third-order valence-corrected chi connectivity index (χ3v) is 3.81. The lowest BCUT2D eigenvalue weighted by Gasteiger charge is -2.18. The van der Waals surface area contributed by atoms with Crippen molar-refractivity contribution in [3.05, 3.63) is 58.1 Å². The van der Waals surface area contributed by atoms with Crippen LogP contribution in [0.15, 0.2) is 46.9 Å². The maximum Gasteiger partial charge on any atom is 0.418 e. The van der Waals surface area contributed by atoms with E-state index in [1.165, 1.54) is 12.1 Å². The second-order valence-corrected chi connectivity index (χ2v) is 5.65. The number of hydrogen-bond acceptors (Lipinski definition) is 2. The molecule has 0 radical (unpaired) electrons. The number of alkyl halides is 3. The van der Waals surface area contributed by atoms with Crippen LogP contribution in [0.4, 0.5) is 18.9 Å². The van der Waals surface area contributed by atoms with Crippen molar-refractivity contribution in [3.63, 3.8) is 0 Å². The first-order valence-corrected chi connectivity index (χ1v) is 7.09. The molecule has 0 bridgehead atoms. The van der Waals surface area contributed by atoms with Crippen molar-refractivity contribution in [1.82, 2.24) is 0 Å². The Kier molecular flexibility index (Phi) is 3.57. The molecule has 1 atom stereocenters. The fourth-order valence-corrected chi connectivity index (χ4v) is 2.71. The van der Waals surface area contributed by atoms with Gasteiger partial charge >= 0.3 is 6.18 Å². The summed E-state index contributed by atoms with van der Waals surface area (Å²) in [4.78, 5) is 0. The number of hydrogen-bond donors (Lipinski definition) is 1. The highest BCUT2D eigenvalue weighted by molar-refractivity contribution is 9.10. The Morgan fingerprint density at radius 2 is 1.90 bits per heavy atom. The summed E-state index contributed by atoms with van der Waals surface area (Å²) < 4.78 is 45.3. The molecule has 0 aliphatic carbocycles. The maximum absolute atomic E-state index is 13.1. The average Bonchev–Trinajstić information content (AvgIpc) is 2.81. The topological polar surface area (TPSA) is 21.3 Å². The molecule has 110 valence electrons. The third-order valence-electron chi connectivity index (χ3n) is 3.32. The Bertz CT molecular complexity index is 672. The van der Waals surface area contributed by atoms with Crippen LogP contribution in [0, 0.1) is 0 Å². The van der Waals surface area contributed by atoms with Crippen molar-refractivity contribution < 1.29 is 17.9 Å². The lowest BCUT2D eigenvalue weighted by atomic mass is 10.1. The van der Waals surface area contributed by atoms with Crippen molar-refractivity contribution in [1.29, 1.82) is 0 Å². The monoisotopic (exact) mass is 357 g/mol. The van der Waals surface area contributed by atoms with Crippen LogP contribution >= 0.6 is 15.9 Å². The first-order chi connectivity index (χ1) is 9.95. The van der Waals surface area contributed by atoms with Gasteiger partial charge in [-0.2, -0.15) is 13.2 Å². The highest BCUT2D eigenvalue weighted by Crippen LogP contribution is 2.40. The normalized spacial score (nSPS) is 17.2. The molecule has 0 aromatic heterocycles. The van der Waals surface area contributed by atoms with Crippen LogP contribution in [0.5, 0.6) is 5.75 Å². The zero-order chi connectivity index (χ0) is 15.0. The maximum atomic E-state index is 13.1. The third kappa shape index (κ3) is 2.85. The number of anilines is 1. The minimum absolute atomic E-state index is 0.0437. The Hall–Kier alpha value is -1.69. The van der Waals surface area contributed by atoms with Crippen LogP contribution in [0.3, 0.4) is 0 Å². The molecule has 0 saturated heterocycles. The number of nitrogens with one attached hydrogen (secondary N) is 1. The second kappa shape index (κ2) is 5.26. The molecule has 1 aliphatic heterocycles. The summed E-state index contributed by atoms with van der Waals surface area (Å²) >= 11 is 3.21. The predicted molar refractivity (Wildman–Crippen MR) is 77.4 cm³/mol. The van der Waals surface area contributed by atoms with E-state index in [4.69, 9.17) is 4.74 Å². The van der Waals surface area contributed by atoms with Gasteiger partial charge in [0.25, 0.3) is 0 Å². The van der Waals surface area contributed by atoms with Gasteiger partial charge in [-0.25, -0.2) is 0 Å². The van der Waals surface area contributed by atoms with Crippen LogP contribution in [0.25, 0.3) is 0 Å². The van der Waals surface area contributed by atoms with Crippen LogP contribution in [0.2, 0.25) is 0 Å². The molecule has 1 heterocycles. The minimum Gasteiger partial charge on any atom is -0.491 e. The van der Waals surface area contributed by atoms with Gasteiger partial charge in [0.15, 0.2) is 0 Å². The van der Waals surface area contributed by atoms with E-state index in [0.717, 1.165) is 11.6 Å². The van der Waals surface area contributed by atoms with Gasteiger partial charge in [0.2, 0.25) is 0 Å². The van der Waals surface area contributed by atoms with Gasteiger partial charge in [-0.15, -0.1) is 0 Å². The quantitative estimate of drug-likeness (QED) is 0.815. The van der Waals surface area contributed by atoms with E-state index in [0.29, 0.717) is 16.8 Å². The fraction of sp³-hybridized carbons (Fsp3) is 0.200. The summed E-state index contributed by atoms with van der Waals surface area (Å²) in [6, 6.07) is 10.9. The molecule has 21 heavy (non-hydrogen) atoms. The summed E-state index contributed by atoms with van der Waals surface area (Å²) in [5, 5.41) is 2.94. The Morgan fingerprint density at radius 1 is 1.14 bits per heavy atom. The highest BCUT2D eigenvalue weighted by atomic mass is 79.9.